The molecule has 1 saturated carbocycles. The predicted molar refractivity (Wildman–Crippen MR) is 93.7 cm³/mol. The Hall–Kier alpha value is -2.28. The molecule has 0 spiro atoms. The Labute approximate surface area is 147 Å². The summed E-state index contributed by atoms with van der Waals surface area (Å²) >= 11 is 0. The Bertz CT molecular complexity index is 742. The summed E-state index contributed by atoms with van der Waals surface area (Å²) in [5.74, 6) is 0.198. The monoisotopic (exact) mass is 343 g/mol. The number of nitrogens with zero attached hydrogens (tertiary/aromatic N) is 4. The van der Waals surface area contributed by atoms with E-state index < -0.39 is 5.60 Å². The number of aromatic nitrogens is 4. The van der Waals surface area contributed by atoms with Crippen molar-refractivity contribution >= 4 is 5.91 Å². The molecule has 0 bridgehead atoms. The molecule has 1 aliphatic rings. The third-order valence-corrected chi connectivity index (χ3v) is 5.00. The number of carbonyl (C=O) groups is 1. The van der Waals surface area contributed by atoms with Gasteiger partial charge in [-0.1, -0.05) is 0 Å². The van der Waals surface area contributed by atoms with Crippen molar-refractivity contribution in [3.05, 3.63) is 30.6 Å². The zero-order valence-corrected chi connectivity index (χ0v) is 14.9. The van der Waals surface area contributed by atoms with Gasteiger partial charge in [0, 0.05) is 19.3 Å². The summed E-state index contributed by atoms with van der Waals surface area (Å²) in [6.07, 6.45) is 8.54. The highest BCUT2D eigenvalue weighted by molar-refractivity contribution is 5.91. The molecule has 0 unspecified atom stereocenters. The molecule has 2 aromatic rings. The number of amides is 1. The molecule has 2 heterocycles. The minimum absolute atomic E-state index is 0.107. The van der Waals surface area contributed by atoms with E-state index in [0.29, 0.717) is 5.69 Å². The van der Waals surface area contributed by atoms with Crippen molar-refractivity contribution in [3.8, 4) is 11.4 Å². The number of aliphatic hydroxyl groups is 1. The summed E-state index contributed by atoms with van der Waals surface area (Å²) in [5.41, 5.74) is 0.850. The molecule has 0 saturated heterocycles. The molecule has 7 nitrogen and oxygen atoms in total. The number of aryl methyl sites for hydroxylation is 1. The SMILES string of the molecule is Cn1cncc1-c1ccnc(C(=O)N[C@H]2CC[C@H](C(C)(C)O)CC2)n1. The van der Waals surface area contributed by atoms with Crippen LogP contribution in [0.15, 0.2) is 24.8 Å². The summed E-state index contributed by atoms with van der Waals surface area (Å²) in [5, 5.41) is 13.1. The molecule has 0 aromatic carbocycles. The molecule has 2 N–H and O–H groups in total. The van der Waals surface area contributed by atoms with Crippen LogP contribution in [-0.4, -0.2) is 42.2 Å². The maximum absolute atomic E-state index is 12.5. The Kier molecular flexibility index (Phi) is 4.85. The lowest BCUT2D eigenvalue weighted by atomic mass is 9.77. The number of imidazole rings is 1. The second-order valence-corrected chi connectivity index (χ2v) is 7.33. The highest BCUT2D eigenvalue weighted by Gasteiger charge is 2.32. The largest absolute Gasteiger partial charge is 0.390 e. The van der Waals surface area contributed by atoms with Gasteiger partial charge in [0.15, 0.2) is 0 Å². The van der Waals surface area contributed by atoms with E-state index in [2.05, 4.69) is 20.3 Å². The number of carbonyl (C=O) groups excluding carboxylic acids is 1. The van der Waals surface area contributed by atoms with Crippen LogP contribution in [-0.2, 0) is 7.05 Å². The van der Waals surface area contributed by atoms with Crippen LogP contribution in [0.3, 0.4) is 0 Å². The second-order valence-electron chi connectivity index (χ2n) is 7.33. The maximum Gasteiger partial charge on any atom is 0.289 e. The van der Waals surface area contributed by atoms with E-state index in [0.717, 1.165) is 31.4 Å². The van der Waals surface area contributed by atoms with Crippen molar-refractivity contribution < 1.29 is 9.90 Å². The van der Waals surface area contributed by atoms with Gasteiger partial charge in [-0.2, -0.15) is 0 Å². The average Bonchev–Trinajstić information content (AvgIpc) is 3.01. The van der Waals surface area contributed by atoms with Crippen molar-refractivity contribution in [2.24, 2.45) is 13.0 Å². The van der Waals surface area contributed by atoms with E-state index in [1.165, 1.54) is 0 Å². The van der Waals surface area contributed by atoms with Gasteiger partial charge in [-0.3, -0.25) is 4.79 Å². The molecule has 3 rings (SSSR count). The first-order valence-corrected chi connectivity index (χ1v) is 8.67. The average molecular weight is 343 g/mol. The van der Waals surface area contributed by atoms with Crippen LogP contribution in [0.4, 0.5) is 0 Å². The third-order valence-electron chi connectivity index (χ3n) is 5.00. The van der Waals surface area contributed by atoms with Gasteiger partial charge in [0.05, 0.1) is 29.5 Å². The maximum atomic E-state index is 12.5. The van der Waals surface area contributed by atoms with Crippen molar-refractivity contribution in [1.82, 2.24) is 24.8 Å². The van der Waals surface area contributed by atoms with Gasteiger partial charge in [-0.05, 0) is 51.5 Å². The predicted octanol–water partition coefficient (Wildman–Crippen LogP) is 1.94. The van der Waals surface area contributed by atoms with Gasteiger partial charge in [0.25, 0.3) is 5.91 Å². The number of hydrogen-bond donors (Lipinski definition) is 2. The molecule has 7 heteroatoms. The topological polar surface area (TPSA) is 92.9 Å². The third kappa shape index (κ3) is 4.04. The fraction of sp³-hybridized carbons (Fsp3) is 0.556. The van der Waals surface area contributed by atoms with E-state index in [-0.39, 0.29) is 23.7 Å². The highest BCUT2D eigenvalue weighted by atomic mass is 16.3. The summed E-state index contributed by atoms with van der Waals surface area (Å²) in [7, 11) is 1.88. The van der Waals surface area contributed by atoms with Crippen LogP contribution in [0.1, 0.15) is 50.1 Å². The van der Waals surface area contributed by atoms with Crippen LogP contribution in [0.25, 0.3) is 11.4 Å². The van der Waals surface area contributed by atoms with Crippen LogP contribution in [0, 0.1) is 5.92 Å². The second kappa shape index (κ2) is 6.92. The first-order chi connectivity index (χ1) is 11.8. The van der Waals surface area contributed by atoms with E-state index >= 15 is 0 Å². The molecule has 25 heavy (non-hydrogen) atoms. The lowest BCUT2D eigenvalue weighted by Gasteiger charge is -2.35. The molecule has 2 aromatic heterocycles. The molecule has 1 amide bonds. The minimum Gasteiger partial charge on any atom is -0.390 e. The van der Waals surface area contributed by atoms with E-state index in [9.17, 15) is 9.90 Å². The van der Waals surface area contributed by atoms with Crippen LogP contribution < -0.4 is 5.32 Å². The Morgan fingerprint density at radius 1 is 1.32 bits per heavy atom. The van der Waals surface area contributed by atoms with Gasteiger partial charge in [0.1, 0.15) is 0 Å². The fourth-order valence-electron chi connectivity index (χ4n) is 3.41. The Morgan fingerprint density at radius 2 is 2.04 bits per heavy atom. The molecular weight excluding hydrogens is 318 g/mol. The Morgan fingerprint density at radius 3 is 2.64 bits per heavy atom. The quantitative estimate of drug-likeness (QED) is 0.885. The summed E-state index contributed by atoms with van der Waals surface area (Å²) in [4.78, 5) is 25.0. The van der Waals surface area contributed by atoms with Gasteiger partial charge >= 0.3 is 0 Å². The van der Waals surface area contributed by atoms with Crippen molar-refractivity contribution in [2.75, 3.05) is 0 Å². The smallest absolute Gasteiger partial charge is 0.289 e. The van der Waals surface area contributed by atoms with Gasteiger partial charge in [-0.15, -0.1) is 0 Å². The number of rotatable bonds is 4. The lowest BCUT2D eigenvalue weighted by Crippen LogP contribution is -2.42. The van der Waals surface area contributed by atoms with Gasteiger partial charge < -0.3 is 15.0 Å². The van der Waals surface area contributed by atoms with Crippen molar-refractivity contribution in [1.29, 1.82) is 0 Å². The Balaban J connectivity index is 1.64. The van der Waals surface area contributed by atoms with Gasteiger partial charge in [0.2, 0.25) is 5.82 Å². The van der Waals surface area contributed by atoms with E-state index in [1.807, 2.05) is 25.5 Å². The summed E-state index contributed by atoms with van der Waals surface area (Å²) in [6, 6.07) is 1.87. The normalized spacial score (nSPS) is 21.1. The van der Waals surface area contributed by atoms with Crippen LogP contribution in [0.5, 0.6) is 0 Å². The summed E-state index contributed by atoms with van der Waals surface area (Å²) < 4.78 is 1.85. The zero-order chi connectivity index (χ0) is 18.0. The lowest BCUT2D eigenvalue weighted by molar-refractivity contribution is -0.00259. The standard InChI is InChI=1S/C18H25N5O2/c1-18(2,25)12-4-6-13(7-5-12)21-17(24)16-20-9-8-14(22-16)15-10-19-11-23(15)3/h8-13,25H,4-7H2,1-3H3,(H,21,24)/t12-,13-. The minimum atomic E-state index is -0.657. The number of nitrogens with one attached hydrogen (secondary N) is 1. The van der Waals surface area contributed by atoms with Gasteiger partial charge in [-0.25, -0.2) is 15.0 Å². The first kappa shape index (κ1) is 17.5. The van der Waals surface area contributed by atoms with Crippen LogP contribution in [0.2, 0.25) is 0 Å². The molecule has 1 fully saturated rings. The summed E-state index contributed by atoms with van der Waals surface area (Å²) in [6.45, 7) is 3.71. The first-order valence-electron chi connectivity index (χ1n) is 8.67. The van der Waals surface area contributed by atoms with Crippen LogP contribution >= 0.6 is 0 Å². The van der Waals surface area contributed by atoms with E-state index in [4.69, 9.17) is 0 Å². The molecule has 0 atom stereocenters. The highest BCUT2D eigenvalue weighted by Crippen LogP contribution is 2.32. The van der Waals surface area contributed by atoms with Crippen molar-refractivity contribution in [2.45, 2.75) is 51.2 Å². The van der Waals surface area contributed by atoms with Crippen molar-refractivity contribution in [3.63, 3.8) is 0 Å². The molecule has 0 aliphatic heterocycles. The molecule has 1 aliphatic carbocycles. The fourth-order valence-corrected chi connectivity index (χ4v) is 3.41. The molecule has 134 valence electrons. The van der Waals surface area contributed by atoms with E-state index in [1.54, 1.807) is 24.8 Å². The molecule has 0 radical (unpaired) electrons. The zero-order valence-electron chi connectivity index (χ0n) is 14.9. The number of hydrogen-bond acceptors (Lipinski definition) is 5. The molecular formula is C18H25N5O2.